The number of aliphatic hydroxyl groups excluding tert-OH is 2. The Balaban J connectivity index is 1.36. The third-order valence-corrected chi connectivity index (χ3v) is 6.00. The monoisotopic (exact) mass is 347 g/mol. The number of rotatable bonds is 5. The molecule has 1 spiro atoms. The highest BCUT2D eigenvalue weighted by Crippen LogP contribution is 2.51. The van der Waals surface area contributed by atoms with Crippen molar-refractivity contribution in [2.45, 2.75) is 50.2 Å². The summed E-state index contributed by atoms with van der Waals surface area (Å²) in [5.74, 6) is 1.28. The molecule has 0 radical (unpaired) electrons. The minimum absolute atomic E-state index is 0.00978. The van der Waals surface area contributed by atoms with Gasteiger partial charge in [-0.25, -0.2) is 9.97 Å². The molecular weight excluding hydrogens is 322 g/mol. The number of carbonyl (C=O) groups is 1. The maximum absolute atomic E-state index is 12.7. The molecule has 1 aliphatic heterocycles. The molecule has 3 aliphatic rings. The van der Waals surface area contributed by atoms with Gasteiger partial charge in [0.1, 0.15) is 5.82 Å². The zero-order valence-electron chi connectivity index (χ0n) is 14.3. The van der Waals surface area contributed by atoms with Crippen molar-refractivity contribution in [2.24, 2.45) is 5.41 Å². The van der Waals surface area contributed by atoms with Gasteiger partial charge in [-0.1, -0.05) is 0 Å². The number of hydrogen-bond donors (Lipinski definition) is 2. The summed E-state index contributed by atoms with van der Waals surface area (Å²) in [5, 5.41) is 19.2. The molecule has 7 heteroatoms. The molecule has 2 atom stereocenters. The summed E-state index contributed by atoms with van der Waals surface area (Å²) < 4.78 is 5.68. The van der Waals surface area contributed by atoms with Crippen molar-refractivity contribution in [1.82, 2.24) is 14.9 Å². The maximum atomic E-state index is 12.7. The average molecular weight is 347 g/mol. The average Bonchev–Trinajstić information content (AvgIpc) is 3.50. The molecule has 0 bridgehead atoms. The van der Waals surface area contributed by atoms with Gasteiger partial charge in [0.15, 0.2) is 0 Å². The van der Waals surface area contributed by atoms with Gasteiger partial charge in [-0.15, -0.1) is 0 Å². The Morgan fingerprint density at radius 2 is 1.96 bits per heavy atom. The third kappa shape index (κ3) is 3.05. The summed E-state index contributed by atoms with van der Waals surface area (Å²) in [6.45, 7) is 1.48. The minimum atomic E-state index is -0.380. The fourth-order valence-corrected chi connectivity index (χ4v) is 4.12. The van der Waals surface area contributed by atoms with Gasteiger partial charge in [0.2, 0.25) is 0 Å². The Morgan fingerprint density at radius 3 is 2.52 bits per heavy atom. The Morgan fingerprint density at radius 1 is 1.28 bits per heavy atom. The molecule has 0 unspecified atom stereocenters. The highest BCUT2D eigenvalue weighted by atomic mass is 16.5. The van der Waals surface area contributed by atoms with E-state index in [9.17, 15) is 9.90 Å². The summed E-state index contributed by atoms with van der Waals surface area (Å²) in [5.41, 5.74) is 0.265. The van der Waals surface area contributed by atoms with E-state index in [4.69, 9.17) is 9.84 Å². The number of likely N-dealkylation sites (tertiary alicyclic amines) is 1. The predicted molar refractivity (Wildman–Crippen MR) is 89.0 cm³/mol. The standard InChI is InChI=1S/C18H25N3O4/c22-7-8-25-15-9-14(23)18(15)3-5-21(6-4-18)17(24)13-10-19-16(20-11-13)12-1-2-12/h10-12,14-15,22-23H,1-9H2/t14-,15+/m1/s1. The van der Waals surface area contributed by atoms with E-state index in [0.29, 0.717) is 37.6 Å². The van der Waals surface area contributed by atoms with E-state index < -0.39 is 0 Å². The molecule has 3 fully saturated rings. The molecule has 2 aliphatic carbocycles. The van der Waals surface area contributed by atoms with Crippen LogP contribution in [0.1, 0.15) is 54.2 Å². The molecule has 1 aromatic rings. The van der Waals surface area contributed by atoms with E-state index in [1.807, 2.05) is 4.90 Å². The van der Waals surface area contributed by atoms with Gasteiger partial charge in [-0.3, -0.25) is 4.79 Å². The van der Waals surface area contributed by atoms with Crippen molar-refractivity contribution in [2.75, 3.05) is 26.3 Å². The topological polar surface area (TPSA) is 95.8 Å². The van der Waals surface area contributed by atoms with Crippen LogP contribution in [0.5, 0.6) is 0 Å². The lowest BCUT2D eigenvalue weighted by Crippen LogP contribution is -2.62. The molecule has 7 nitrogen and oxygen atoms in total. The van der Waals surface area contributed by atoms with Crippen LogP contribution in [-0.4, -0.2) is 69.5 Å². The first-order chi connectivity index (χ1) is 12.1. The van der Waals surface area contributed by atoms with E-state index in [1.54, 1.807) is 12.4 Å². The summed E-state index contributed by atoms with van der Waals surface area (Å²) in [4.78, 5) is 23.1. The Bertz CT molecular complexity index is 624. The molecule has 4 rings (SSSR count). The van der Waals surface area contributed by atoms with Crippen molar-refractivity contribution < 1.29 is 19.7 Å². The fraction of sp³-hybridized carbons (Fsp3) is 0.722. The summed E-state index contributed by atoms with van der Waals surface area (Å²) >= 11 is 0. The van der Waals surface area contributed by atoms with E-state index in [-0.39, 0.29) is 30.1 Å². The van der Waals surface area contributed by atoms with Crippen LogP contribution in [0.25, 0.3) is 0 Å². The van der Waals surface area contributed by atoms with Gasteiger partial charge < -0.3 is 19.8 Å². The minimum Gasteiger partial charge on any atom is -0.394 e. The number of aromatic nitrogens is 2. The van der Waals surface area contributed by atoms with Crippen molar-refractivity contribution in [1.29, 1.82) is 0 Å². The van der Waals surface area contributed by atoms with Crippen LogP contribution in [0.15, 0.2) is 12.4 Å². The maximum Gasteiger partial charge on any atom is 0.256 e. The summed E-state index contributed by atoms with van der Waals surface area (Å²) in [6.07, 6.45) is 7.21. The largest absolute Gasteiger partial charge is 0.394 e. The van der Waals surface area contributed by atoms with Crippen LogP contribution >= 0.6 is 0 Å². The molecular formula is C18H25N3O4. The molecule has 1 saturated heterocycles. The highest BCUT2D eigenvalue weighted by Gasteiger charge is 2.56. The SMILES string of the molecule is O=C(c1cnc(C2CC2)nc1)N1CCC2(CC1)[C@H](O)C[C@@H]2OCCO. The van der Waals surface area contributed by atoms with Crippen LogP contribution < -0.4 is 0 Å². The molecule has 1 aromatic heterocycles. The predicted octanol–water partition coefficient (Wildman–Crippen LogP) is 0.718. The van der Waals surface area contributed by atoms with Gasteiger partial charge in [-0.05, 0) is 25.7 Å². The van der Waals surface area contributed by atoms with Gasteiger partial charge in [0.05, 0.1) is 31.0 Å². The lowest BCUT2D eigenvalue weighted by Gasteiger charge is -2.56. The Hall–Kier alpha value is -1.57. The fourth-order valence-electron chi connectivity index (χ4n) is 4.12. The quantitative estimate of drug-likeness (QED) is 0.815. The van der Waals surface area contributed by atoms with Crippen LogP contribution in [0.3, 0.4) is 0 Å². The van der Waals surface area contributed by atoms with E-state index in [2.05, 4.69) is 9.97 Å². The van der Waals surface area contributed by atoms with Crippen LogP contribution in [-0.2, 0) is 4.74 Å². The van der Waals surface area contributed by atoms with E-state index in [1.165, 1.54) is 0 Å². The number of hydrogen-bond acceptors (Lipinski definition) is 6. The van der Waals surface area contributed by atoms with Crippen LogP contribution in [0.2, 0.25) is 0 Å². The number of piperidine rings is 1. The lowest BCUT2D eigenvalue weighted by atomic mass is 9.58. The van der Waals surface area contributed by atoms with Crippen molar-refractivity contribution in [3.63, 3.8) is 0 Å². The van der Waals surface area contributed by atoms with Crippen LogP contribution in [0, 0.1) is 5.41 Å². The van der Waals surface area contributed by atoms with E-state index in [0.717, 1.165) is 31.5 Å². The zero-order valence-corrected chi connectivity index (χ0v) is 14.3. The molecule has 136 valence electrons. The first-order valence-electron chi connectivity index (χ1n) is 9.16. The summed E-state index contributed by atoms with van der Waals surface area (Å²) in [7, 11) is 0. The summed E-state index contributed by atoms with van der Waals surface area (Å²) in [6, 6.07) is 0. The molecule has 0 aromatic carbocycles. The van der Waals surface area contributed by atoms with Gasteiger partial charge in [0, 0.05) is 43.2 Å². The molecule has 2 N–H and O–H groups in total. The number of ether oxygens (including phenoxy) is 1. The first kappa shape index (κ1) is 16.9. The molecule has 1 amide bonds. The highest BCUT2D eigenvalue weighted by molar-refractivity contribution is 5.93. The Kier molecular flexibility index (Phi) is 4.47. The van der Waals surface area contributed by atoms with Crippen molar-refractivity contribution >= 4 is 5.91 Å². The third-order valence-electron chi connectivity index (χ3n) is 6.00. The normalized spacial score (nSPS) is 28.0. The zero-order chi connectivity index (χ0) is 17.4. The second-order valence-corrected chi connectivity index (χ2v) is 7.46. The molecule has 2 heterocycles. The number of carbonyl (C=O) groups excluding carboxylic acids is 1. The number of nitrogens with zero attached hydrogens (tertiary/aromatic N) is 3. The van der Waals surface area contributed by atoms with E-state index >= 15 is 0 Å². The lowest BCUT2D eigenvalue weighted by molar-refractivity contribution is -0.211. The van der Waals surface area contributed by atoms with Crippen LogP contribution in [0.4, 0.5) is 0 Å². The van der Waals surface area contributed by atoms with Gasteiger partial charge in [0.25, 0.3) is 5.91 Å². The van der Waals surface area contributed by atoms with Gasteiger partial charge in [-0.2, -0.15) is 0 Å². The molecule has 25 heavy (non-hydrogen) atoms. The van der Waals surface area contributed by atoms with Gasteiger partial charge >= 0.3 is 0 Å². The Labute approximate surface area is 147 Å². The van der Waals surface area contributed by atoms with Crippen molar-refractivity contribution in [3.8, 4) is 0 Å². The van der Waals surface area contributed by atoms with Crippen molar-refractivity contribution in [3.05, 3.63) is 23.8 Å². The smallest absolute Gasteiger partial charge is 0.256 e. The molecule has 2 saturated carbocycles. The number of aliphatic hydroxyl groups is 2. The second-order valence-electron chi connectivity index (χ2n) is 7.46. The second kappa shape index (κ2) is 6.63. The first-order valence-corrected chi connectivity index (χ1v) is 9.16. The number of amides is 1.